The molecule has 2 aromatic heterocycles. The van der Waals surface area contributed by atoms with Crippen LogP contribution in [0.15, 0.2) is 48.5 Å². The Bertz CT molecular complexity index is 1220. The fraction of sp³-hybridized carbons (Fsp3) is 0.261. The molecule has 4 rings (SSSR count). The zero-order valence-corrected chi connectivity index (χ0v) is 17.3. The fourth-order valence-corrected chi connectivity index (χ4v) is 3.43. The number of ether oxygens (including phenoxy) is 2. The Hall–Kier alpha value is -3.61. The molecule has 0 aliphatic carbocycles. The lowest BCUT2D eigenvalue weighted by atomic mass is 10.1. The highest BCUT2D eigenvalue weighted by atomic mass is 16.5. The van der Waals surface area contributed by atoms with E-state index in [1.165, 1.54) is 0 Å². The van der Waals surface area contributed by atoms with E-state index in [1.54, 1.807) is 32.4 Å². The van der Waals surface area contributed by atoms with Gasteiger partial charge in [-0.1, -0.05) is 25.5 Å². The molecular weight excluding hydrogens is 380 g/mol. The summed E-state index contributed by atoms with van der Waals surface area (Å²) in [7, 11) is 3.18. The minimum atomic E-state index is -0.278. The predicted octanol–water partition coefficient (Wildman–Crippen LogP) is 4.65. The van der Waals surface area contributed by atoms with Crippen molar-refractivity contribution < 1.29 is 14.3 Å². The quantitative estimate of drug-likeness (QED) is 0.485. The molecule has 0 aliphatic heterocycles. The second-order valence-corrected chi connectivity index (χ2v) is 7.00. The van der Waals surface area contributed by atoms with Gasteiger partial charge in [-0.05, 0) is 42.8 Å². The second-order valence-electron chi connectivity index (χ2n) is 7.00. The van der Waals surface area contributed by atoms with E-state index in [0.717, 1.165) is 47.1 Å². The van der Waals surface area contributed by atoms with Gasteiger partial charge >= 0.3 is 0 Å². The van der Waals surface area contributed by atoms with Crippen molar-refractivity contribution in [1.82, 2.24) is 14.8 Å². The van der Waals surface area contributed by atoms with Gasteiger partial charge in [0.1, 0.15) is 11.5 Å². The topological polar surface area (TPSA) is 78.3 Å². The maximum Gasteiger partial charge on any atom is 0.260 e. The highest BCUT2D eigenvalue weighted by Gasteiger charge is 2.18. The van der Waals surface area contributed by atoms with Gasteiger partial charge in [-0.15, -0.1) is 0 Å². The number of hydrogen-bond donors (Lipinski definition) is 1. The molecule has 0 aliphatic rings. The van der Waals surface area contributed by atoms with E-state index in [1.807, 2.05) is 35.0 Å². The average molecular weight is 404 g/mol. The van der Waals surface area contributed by atoms with Gasteiger partial charge in [0, 0.05) is 11.9 Å². The Kier molecular flexibility index (Phi) is 5.52. The number of aromatic nitrogens is 3. The molecule has 2 heterocycles. The number of methoxy groups -OCH3 is 2. The molecule has 7 heteroatoms. The summed E-state index contributed by atoms with van der Waals surface area (Å²) >= 11 is 0. The van der Waals surface area contributed by atoms with Crippen LogP contribution in [0.4, 0.5) is 5.82 Å². The summed E-state index contributed by atoms with van der Waals surface area (Å²) in [5.74, 6) is 1.47. The van der Waals surface area contributed by atoms with Crippen LogP contribution < -0.4 is 14.8 Å². The van der Waals surface area contributed by atoms with Crippen molar-refractivity contribution >= 4 is 33.7 Å². The zero-order valence-electron chi connectivity index (χ0n) is 17.3. The second kappa shape index (κ2) is 8.41. The van der Waals surface area contributed by atoms with Gasteiger partial charge < -0.3 is 14.8 Å². The van der Waals surface area contributed by atoms with E-state index in [-0.39, 0.29) is 5.91 Å². The van der Waals surface area contributed by atoms with Crippen LogP contribution >= 0.6 is 0 Å². The molecule has 0 radical (unpaired) electrons. The van der Waals surface area contributed by atoms with Gasteiger partial charge in [0.25, 0.3) is 5.91 Å². The summed E-state index contributed by atoms with van der Waals surface area (Å²) in [5.41, 5.74) is 2.05. The van der Waals surface area contributed by atoms with Crippen molar-refractivity contribution in [2.45, 2.75) is 26.3 Å². The number of para-hydroxylation sites is 1. The molecule has 154 valence electrons. The maximum absolute atomic E-state index is 12.9. The largest absolute Gasteiger partial charge is 0.497 e. The van der Waals surface area contributed by atoms with E-state index >= 15 is 0 Å². The summed E-state index contributed by atoms with van der Waals surface area (Å²) in [5, 5.41) is 9.32. The number of rotatable bonds is 7. The molecule has 1 amide bonds. The molecule has 0 bridgehead atoms. The molecule has 1 N–H and O–H groups in total. The highest BCUT2D eigenvalue weighted by Crippen LogP contribution is 2.29. The van der Waals surface area contributed by atoms with E-state index < -0.39 is 0 Å². The van der Waals surface area contributed by atoms with Crippen molar-refractivity contribution in [3.63, 3.8) is 0 Å². The Labute approximate surface area is 174 Å². The number of nitrogens with one attached hydrogen (secondary N) is 1. The Morgan fingerprint density at radius 2 is 1.93 bits per heavy atom. The number of carbonyl (C=O) groups is 1. The number of nitrogens with zero attached hydrogens (tertiary/aromatic N) is 3. The number of amides is 1. The number of pyridine rings is 1. The minimum Gasteiger partial charge on any atom is -0.497 e. The van der Waals surface area contributed by atoms with Gasteiger partial charge in [-0.25, -0.2) is 9.67 Å². The van der Waals surface area contributed by atoms with Gasteiger partial charge in [-0.3, -0.25) is 4.79 Å². The lowest BCUT2D eigenvalue weighted by Gasteiger charge is -2.08. The summed E-state index contributed by atoms with van der Waals surface area (Å²) < 4.78 is 12.5. The number of benzene rings is 2. The fourth-order valence-electron chi connectivity index (χ4n) is 3.43. The van der Waals surface area contributed by atoms with Crippen molar-refractivity contribution in [1.29, 1.82) is 0 Å². The Morgan fingerprint density at radius 1 is 1.10 bits per heavy atom. The molecule has 7 nitrogen and oxygen atoms in total. The Morgan fingerprint density at radius 3 is 2.70 bits per heavy atom. The van der Waals surface area contributed by atoms with Crippen LogP contribution in [0.3, 0.4) is 0 Å². The molecular formula is C23H24N4O3. The van der Waals surface area contributed by atoms with Crippen molar-refractivity contribution in [2.75, 3.05) is 19.5 Å². The molecule has 0 atom stereocenters. The van der Waals surface area contributed by atoms with Gasteiger partial charge in [0.2, 0.25) is 0 Å². The molecule has 0 spiro atoms. The van der Waals surface area contributed by atoms with Gasteiger partial charge in [-0.2, -0.15) is 5.10 Å². The van der Waals surface area contributed by atoms with Crippen LogP contribution in [0.2, 0.25) is 0 Å². The van der Waals surface area contributed by atoms with E-state index in [2.05, 4.69) is 17.3 Å². The smallest absolute Gasteiger partial charge is 0.260 e. The van der Waals surface area contributed by atoms with Crippen molar-refractivity contribution in [3.8, 4) is 11.5 Å². The molecule has 4 aromatic rings. The third-order valence-electron chi connectivity index (χ3n) is 5.03. The van der Waals surface area contributed by atoms with E-state index in [4.69, 9.17) is 14.5 Å². The number of carbonyl (C=O) groups excluding carboxylic acids is 1. The van der Waals surface area contributed by atoms with Crippen LogP contribution in [0.1, 0.15) is 30.1 Å². The first kappa shape index (κ1) is 19.7. The monoisotopic (exact) mass is 404 g/mol. The lowest BCUT2D eigenvalue weighted by Crippen LogP contribution is -2.14. The van der Waals surface area contributed by atoms with Gasteiger partial charge in [0.05, 0.1) is 30.7 Å². The molecule has 30 heavy (non-hydrogen) atoms. The minimum absolute atomic E-state index is 0.278. The first-order valence-corrected chi connectivity index (χ1v) is 9.94. The standard InChI is InChI=1S/C23H24N4O3/c1-4-5-12-27-22-18(14-15-13-16(29-2)10-11-19(15)24-22)21(26-27)25-23(28)17-8-6-7-9-20(17)30-3/h6-11,13-14H,4-5,12H2,1-3H3,(H,25,26,28). The first-order valence-electron chi connectivity index (χ1n) is 9.94. The van der Waals surface area contributed by atoms with Crippen LogP contribution in [-0.4, -0.2) is 34.9 Å². The zero-order chi connectivity index (χ0) is 21.1. The molecule has 2 aromatic carbocycles. The van der Waals surface area contributed by atoms with Crippen LogP contribution in [0.5, 0.6) is 11.5 Å². The third kappa shape index (κ3) is 3.66. The number of hydrogen-bond acceptors (Lipinski definition) is 5. The number of unbranched alkanes of at least 4 members (excludes halogenated alkanes) is 1. The lowest BCUT2D eigenvalue weighted by molar-refractivity contribution is 0.102. The number of anilines is 1. The van der Waals surface area contributed by atoms with Crippen LogP contribution in [0.25, 0.3) is 21.9 Å². The third-order valence-corrected chi connectivity index (χ3v) is 5.03. The summed E-state index contributed by atoms with van der Waals surface area (Å²) in [4.78, 5) is 17.8. The highest BCUT2D eigenvalue weighted by molar-refractivity contribution is 6.10. The van der Waals surface area contributed by atoms with E-state index in [9.17, 15) is 4.79 Å². The van der Waals surface area contributed by atoms with Crippen LogP contribution in [-0.2, 0) is 6.54 Å². The summed E-state index contributed by atoms with van der Waals surface area (Å²) in [6.07, 6.45) is 2.01. The first-order chi connectivity index (χ1) is 14.6. The van der Waals surface area contributed by atoms with E-state index in [0.29, 0.717) is 17.1 Å². The number of fused-ring (bicyclic) bond motifs is 2. The summed E-state index contributed by atoms with van der Waals surface area (Å²) in [6.45, 7) is 2.86. The molecule has 0 saturated heterocycles. The van der Waals surface area contributed by atoms with Gasteiger partial charge in [0.15, 0.2) is 11.5 Å². The molecule has 0 fully saturated rings. The predicted molar refractivity (Wildman–Crippen MR) is 117 cm³/mol. The van der Waals surface area contributed by atoms with Crippen molar-refractivity contribution in [3.05, 3.63) is 54.1 Å². The molecule has 0 unspecified atom stereocenters. The normalized spacial score (nSPS) is 11.0. The SMILES string of the molecule is CCCCn1nc(NC(=O)c2ccccc2OC)c2cc3cc(OC)ccc3nc21. The summed E-state index contributed by atoms with van der Waals surface area (Å²) in [6, 6.07) is 14.8. The number of aryl methyl sites for hydroxylation is 1. The Balaban J connectivity index is 1.81. The molecule has 0 saturated carbocycles. The van der Waals surface area contributed by atoms with Crippen molar-refractivity contribution in [2.24, 2.45) is 0 Å². The average Bonchev–Trinajstić information content (AvgIpc) is 3.11. The van der Waals surface area contributed by atoms with Crippen LogP contribution in [0, 0.1) is 0 Å². The maximum atomic E-state index is 12.9.